The van der Waals surface area contributed by atoms with Crippen molar-refractivity contribution in [3.05, 3.63) is 81.9 Å². The quantitative estimate of drug-likeness (QED) is 0.475. The number of benzene rings is 2. The van der Waals surface area contributed by atoms with Crippen molar-refractivity contribution in [3.63, 3.8) is 0 Å². The van der Waals surface area contributed by atoms with Crippen LogP contribution in [-0.2, 0) is 18.9 Å². The van der Waals surface area contributed by atoms with Gasteiger partial charge in [-0.25, -0.2) is 4.98 Å². The first kappa shape index (κ1) is 25.8. The Morgan fingerprint density at radius 1 is 0.971 bits per heavy atom. The molecule has 0 radical (unpaired) electrons. The fraction of sp³-hybridized carbons (Fsp3) is 0.261. The van der Waals surface area contributed by atoms with E-state index in [9.17, 15) is 35.9 Å². The lowest BCUT2D eigenvalue weighted by atomic mass is 10.0. The molecule has 0 bridgehead atoms. The molecule has 1 amide bonds. The van der Waals surface area contributed by atoms with E-state index in [0.717, 1.165) is 4.57 Å². The summed E-state index contributed by atoms with van der Waals surface area (Å²) in [7, 11) is 0. The van der Waals surface area contributed by atoms with Gasteiger partial charge >= 0.3 is 12.4 Å². The molecule has 1 aromatic heterocycles. The molecule has 0 unspecified atom stereocenters. The third kappa shape index (κ3) is 6.61. The summed E-state index contributed by atoms with van der Waals surface area (Å²) in [6.07, 6.45) is -8.91. The third-order valence-electron chi connectivity index (χ3n) is 4.83. The van der Waals surface area contributed by atoms with Gasteiger partial charge in [0.05, 0.1) is 29.8 Å². The lowest BCUT2D eigenvalue weighted by molar-refractivity contribution is -0.143. The molecule has 0 aliphatic carbocycles. The number of hydrogen-bond donors (Lipinski definition) is 1. The highest BCUT2D eigenvalue weighted by Crippen LogP contribution is 2.36. The van der Waals surface area contributed by atoms with E-state index in [2.05, 4.69) is 10.3 Å². The molecule has 12 heteroatoms. The fourth-order valence-electron chi connectivity index (χ4n) is 3.12. The Balaban J connectivity index is 1.69. The number of amides is 1. The zero-order chi connectivity index (χ0) is 25.8. The lowest BCUT2D eigenvalue weighted by Crippen LogP contribution is -2.31. The molecule has 0 saturated heterocycles. The number of carbonyl (C=O) groups is 1. The smallest absolute Gasteiger partial charge is 0.416 e. The first-order chi connectivity index (χ1) is 16.4. The van der Waals surface area contributed by atoms with Crippen molar-refractivity contribution in [2.45, 2.75) is 25.8 Å². The molecule has 35 heavy (non-hydrogen) atoms. The van der Waals surface area contributed by atoms with Crippen LogP contribution in [0.25, 0.3) is 11.3 Å². The van der Waals surface area contributed by atoms with E-state index in [1.54, 1.807) is 24.3 Å². The lowest BCUT2D eigenvalue weighted by Gasteiger charge is -2.14. The molecular formula is C23H19F6N3O3. The van der Waals surface area contributed by atoms with Crippen molar-refractivity contribution in [1.29, 1.82) is 0 Å². The van der Waals surface area contributed by atoms with Gasteiger partial charge in [0, 0.05) is 30.3 Å². The fourth-order valence-corrected chi connectivity index (χ4v) is 3.12. The van der Waals surface area contributed by atoms with Crippen LogP contribution in [0.2, 0.25) is 0 Å². The van der Waals surface area contributed by atoms with Gasteiger partial charge in [-0.1, -0.05) is 0 Å². The van der Waals surface area contributed by atoms with Crippen LogP contribution in [-0.4, -0.2) is 28.6 Å². The van der Waals surface area contributed by atoms with E-state index in [1.165, 1.54) is 12.4 Å². The van der Waals surface area contributed by atoms with Gasteiger partial charge in [0.1, 0.15) is 5.75 Å². The van der Waals surface area contributed by atoms with Crippen LogP contribution in [0.3, 0.4) is 0 Å². The van der Waals surface area contributed by atoms with Gasteiger partial charge in [-0.2, -0.15) is 26.3 Å². The van der Waals surface area contributed by atoms with Gasteiger partial charge in [0.25, 0.3) is 11.5 Å². The van der Waals surface area contributed by atoms with E-state index in [1.807, 2.05) is 6.92 Å². The number of alkyl halides is 6. The van der Waals surface area contributed by atoms with Gasteiger partial charge in [-0.15, -0.1) is 0 Å². The van der Waals surface area contributed by atoms with Gasteiger partial charge in [-0.3, -0.25) is 14.2 Å². The second-order valence-electron chi connectivity index (χ2n) is 7.31. The number of nitrogens with zero attached hydrogens (tertiary/aromatic N) is 2. The minimum atomic E-state index is -5.07. The monoisotopic (exact) mass is 499 g/mol. The van der Waals surface area contributed by atoms with Crippen molar-refractivity contribution >= 4 is 5.91 Å². The topological polar surface area (TPSA) is 73.2 Å². The summed E-state index contributed by atoms with van der Waals surface area (Å²) in [5, 5.41) is 2.22. The average Bonchev–Trinajstić information content (AvgIpc) is 2.79. The maximum absolute atomic E-state index is 13.0. The molecule has 0 aliphatic rings. The van der Waals surface area contributed by atoms with E-state index >= 15 is 0 Å². The van der Waals surface area contributed by atoms with Crippen LogP contribution in [0, 0.1) is 0 Å². The Hall–Kier alpha value is -3.83. The number of aromatic nitrogens is 2. The van der Waals surface area contributed by atoms with Crippen LogP contribution >= 0.6 is 0 Å². The van der Waals surface area contributed by atoms with Crippen LogP contribution in [0.15, 0.2) is 59.7 Å². The van der Waals surface area contributed by atoms with Crippen molar-refractivity contribution in [1.82, 2.24) is 14.9 Å². The largest absolute Gasteiger partial charge is 0.494 e. The molecule has 0 spiro atoms. The van der Waals surface area contributed by atoms with E-state index in [0.29, 0.717) is 35.7 Å². The summed E-state index contributed by atoms with van der Waals surface area (Å²) < 4.78 is 84.4. The molecule has 2 aromatic carbocycles. The first-order valence-corrected chi connectivity index (χ1v) is 10.3. The standard InChI is InChI=1S/C23H19F6N3O3/c1-2-35-18-5-3-14(4-6-18)19-12-20(33)32(13-31-19)8-7-30-21(34)15-9-16(22(24,25)26)11-17(10-15)23(27,28)29/h3-6,9-13H,2,7-8H2,1H3,(H,30,34). The summed E-state index contributed by atoms with van der Waals surface area (Å²) >= 11 is 0. The van der Waals surface area contributed by atoms with Crippen LogP contribution in [0.1, 0.15) is 28.4 Å². The van der Waals surface area contributed by atoms with Crippen LogP contribution in [0.5, 0.6) is 5.75 Å². The zero-order valence-electron chi connectivity index (χ0n) is 18.2. The van der Waals surface area contributed by atoms with Gasteiger partial charge in [0.2, 0.25) is 0 Å². The number of halogens is 6. The molecule has 0 atom stereocenters. The van der Waals surface area contributed by atoms with E-state index in [4.69, 9.17) is 4.74 Å². The SMILES string of the molecule is CCOc1ccc(-c2cc(=O)n(CCNC(=O)c3cc(C(F)(F)F)cc(C(F)(F)F)c3)cn2)cc1. The number of nitrogens with one attached hydrogen (secondary N) is 1. The molecule has 6 nitrogen and oxygen atoms in total. The number of hydrogen-bond acceptors (Lipinski definition) is 4. The second-order valence-corrected chi connectivity index (χ2v) is 7.31. The molecule has 1 N–H and O–H groups in total. The summed E-state index contributed by atoms with van der Waals surface area (Å²) in [5.41, 5.74) is -3.40. The Kier molecular flexibility index (Phi) is 7.51. The average molecular weight is 499 g/mol. The third-order valence-corrected chi connectivity index (χ3v) is 4.83. The van der Waals surface area contributed by atoms with E-state index < -0.39 is 40.5 Å². The Morgan fingerprint density at radius 3 is 2.09 bits per heavy atom. The van der Waals surface area contributed by atoms with Crippen LogP contribution in [0.4, 0.5) is 26.3 Å². The molecule has 1 heterocycles. The van der Waals surface area contributed by atoms with Crippen LogP contribution < -0.4 is 15.6 Å². The van der Waals surface area contributed by atoms with Crippen molar-refractivity contribution < 1.29 is 35.9 Å². The first-order valence-electron chi connectivity index (χ1n) is 10.3. The zero-order valence-corrected chi connectivity index (χ0v) is 18.2. The Morgan fingerprint density at radius 2 is 1.57 bits per heavy atom. The summed E-state index contributed by atoms with van der Waals surface area (Å²) in [6, 6.07) is 8.77. The highest BCUT2D eigenvalue weighted by atomic mass is 19.4. The predicted octanol–water partition coefficient (Wildman–Crippen LogP) is 4.78. The molecule has 186 valence electrons. The maximum atomic E-state index is 13.0. The minimum Gasteiger partial charge on any atom is -0.494 e. The normalized spacial score (nSPS) is 11.9. The van der Waals surface area contributed by atoms with Gasteiger partial charge in [0.15, 0.2) is 0 Å². The van der Waals surface area contributed by atoms with Crippen molar-refractivity contribution in [2.75, 3.05) is 13.2 Å². The second kappa shape index (κ2) is 10.2. The predicted molar refractivity (Wildman–Crippen MR) is 114 cm³/mol. The maximum Gasteiger partial charge on any atom is 0.416 e. The minimum absolute atomic E-state index is 0.0616. The van der Waals surface area contributed by atoms with Crippen molar-refractivity contribution in [3.8, 4) is 17.0 Å². The molecule has 0 fully saturated rings. The summed E-state index contributed by atoms with van der Waals surface area (Å²) in [6.45, 7) is 2.00. The molecule has 3 aromatic rings. The Labute approximate surface area is 195 Å². The highest BCUT2D eigenvalue weighted by Gasteiger charge is 2.37. The molecule has 0 aliphatic heterocycles. The highest BCUT2D eigenvalue weighted by molar-refractivity contribution is 5.94. The number of ether oxygens (including phenoxy) is 1. The summed E-state index contributed by atoms with van der Waals surface area (Å²) in [5.74, 6) is -0.489. The molecular weight excluding hydrogens is 480 g/mol. The number of rotatable bonds is 7. The van der Waals surface area contributed by atoms with E-state index in [-0.39, 0.29) is 19.2 Å². The van der Waals surface area contributed by atoms with Gasteiger partial charge < -0.3 is 10.1 Å². The van der Waals surface area contributed by atoms with Gasteiger partial charge in [-0.05, 0) is 49.4 Å². The Bertz CT molecular complexity index is 1220. The van der Waals surface area contributed by atoms with Crippen molar-refractivity contribution in [2.24, 2.45) is 0 Å². The summed E-state index contributed by atoms with van der Waals surface area (Å²) in [4.78, 5) is 28.8. The number of carbonyl (C=O) groups excluding carboxylic acids is 1. The molecule has 3 rings (SSSR count). The molecule has 0 saturated carbocycles.